The summed E-state index contributed by atoms with van der Waals surface area (Å²) in [6, 6.07) is 4.87. The minimum absolute atomic E-state index is 0.0521. The van der Waals surface area contributed by atoms with Crippen molar-refractivity contribution in [2.75, 3.05) is 16.9 Å². The summed E-state index contributed by atoms with van der Waals surface area (Å²) in [5.41, 5.74) is 3.62. The van der Waals surface area contributed by atoms with Gasteiger partial charge < -0.3 is 15.4 Å². The topological polar surface area (TPSA) is 123 Å². The summed E-state index contributed by atoms with van der Waals surface area (Å²) >= 11 is 8.13. The molecule has 3 aromatic rings. The average Bonchev–Trinajstić information content (AvgIpc) is 3.67. The number of hydrogen-bond donors (Lipinski definition) is 3. The van der Waals surface area contributed by atoms with E-state index < -0.39 is 15.1 Å². The SMILES string of the molecule is CSNC1CCC(c2cc(OC3CC3)c(Nc3ncc(Cl)c(Nc4cn(C)nc4S(=O)(=O)C(C)C)n3)cc2C)CC1. The van der Waals surface area contributed by atoms with Crippen molar-refractivity contribution in [3.05, 3.63) is 40.7 Å². The summed E-state index contributed by atoms with van der Waals surface area (Å²) in [6.45, 7) is 5.38. The van der Waals surface area contributed by atoms with Crippen molar-refractivity contribution in [2.45, 2.75) is 87.6 Å². The van der Waals surface area contributed by atoms with E-state index >= 15 is 0 Å². The molecule has 0 amide bonds. The van der Waals surface area contributed by atoms with Crippen molar-refractivity contribution >= 4 is 56.5 Å². The summed E-state index contributed by atoms with van der Waals surface area (Å²) in [4.78, 5) is 8.97. The zero-order chi connectivity index (χ0) is 29.3. The summed E-state index contributed by atoms with van der Waals surface area (Å²) in [5, 5.41) is 10.1. The number of nitrogens with zero attached hydrogens (tertiary/aromatic N) is 4. The quantitative estimate of drug-likeness (QED) is 0.211. The van der Waals surface area contributed by atoms with E-state index in [1.807, 2.05) is 0 Å². The first-order valence-corrected chi connectivity index (χ1v) is 17.1. The second-order valence-electron chi connectivity index (χ2n) is 11.1. The molecular formula is C28H38ClN7O3S2. The maximum Gasteiger partial charge on any atom is 0.229 e. The molecule has 0 aliphatic heterocycles. The highest BCUT2D eigenvalue weighted by Crippen LogP contribution is 2.41. The highest BCUT2D eigenvalue weighted by atomic mass is 35.5. The van der Waals surface area contributed by atoms with Crippen LogP contribution < -0.4 is 20.1 Å². The Morgan fingerprint density at radius 1 is 1.10 bits per heavy atom. The van der Waals surface area contributed by atoms with Gasteiger partial charge in [0.2, 0.25) is 20.8 Å². The summed E-state index contributed by atoms with van der Waals surface area (Å²) < 4.78 is 37.1. The van der Waals surface area contributed by atoms with Gasteiger partial charge >= 0.3 is 0 Å². The Balaban J connectivity index is 1.40. The van der Waals surface area contributed by atoms with Crippen LogP contribution in [0.5, 0.6) is 5.75 Å². The molecule has 0 unspecified atom stereocenters. The van der Waals surface area contributed by atoms with E-state index in [-0.39, 0.29) is 22.0 Å². The van der Waals surface area contributed by atoms with Gasteiger partial charge in [0.15, 0.2) is 5.82 Å². The van der Waals surface area contributed by atoms with Crippen molar-refractivity contribution in [1.82, 2.24) is 24.5 Å². The number of sulfone groups is 1. The molecule has 13 heteroatoms. The maximum atomic E-state index is 12.9. The number of anilines is 4. The van der Waals surface area contributed by atoms with Gasteiger partial charge in [-0.15, -0.1) is 0 Å². The number of aromatic nitrogens is 4. The second kappa shape index (κ2) is 12.4. The fraction of sp³-hybridized carbons (Fsp3) is 0.536. The zero-order valence-corrected chi connectivity index (χ0v) is 26.5. The third-order valence-corrected chi connectivity index (χ3v) is 10.5. The molecule has 2 aliphatic carbocycles. The van der Waals surface area contributed by atoms with E-state index in [9.17, 15) is 8.42 Å². The predicted molar refractivity (Wildman–Crippen MR) is 166 cm³/mol. The Bertz CT molecular complexity index is 1500. The van der Waals surface area contributed by atoms with Crippen LogP contribution >= 0.6 is 23.5 Å². The zero-order valence-electron chi connectivity index (χ0n) is 24.1. The van der Waals surface area contributed by atoms with Gasteiger partial charge in [-0.2, -0.15) is 10.1 Å². The second-order valence-corrected chi connectivity index (χ2v) is 14.6. The number of rotatable bonds is 11. The monoisotopic (exact) mass is 619 g/mol. The van der Waals surface area contributed by atoms with Crippen LogP contribution in [0.1, 0.15) is 69.4 Å². The van der Waals surface area contributed by atoms with E-state index in [1.54, 1.807) is 39.0 Å². The highest BCUT2D eigenvalue weighted by molar-refractivity contribution is 7.96. The lowest BCUT2D eigenvalue weighted by molar-refractivity contribution is 0.303. The summed E-state index contributed by atoms with van der Waals surface area (Å²) in [5.74, 6) is 1.88. The van der Waals surface area contributed by atoms with Crippen LogP contribution in [-0.2, 0) is 16.9 Å². The van der Waals surface area contributed by atoms with Crippen LogP contribution in [0, 0.1) is 6.92 Å². The molecule has 2 aromatic heterocycles. The lowest BCUT2D eigenvalue weighted by atomic mass is 9.80. The molecule has 41 heavy (non-hydrogen) atoms. The minimum Gasteiger partial charge on any atom is -0.488 e. The van der Waals surface area contributed by atoms with Crippen molar-refractivity contribution in [1.29, 1.82) is 0 Å². The first kappa shape index (κ1) is 29.9. The van der Waals surface area contributed by atoms with E-state index in [1.165, 1.54) is 22.0 Å². The molecule has 5 rings (SSSR count). The Labute approximate surface area is 251 Å². The molecule has 1 aromatic carbocycles. The number of benzene rings is 1. The molecule has 0 bridgehead atoms. The van der Waals surface area contributed by atoms with Crippen molar-refractivity contribution in [2.24, 2.45) is 7.05 Å². The predicted octanol–water partition coefficient (Wildman–Crippen LogP) is 6.28. The maximum absolute atomic E-state index is 12.9. The Morgan fingerprint density at radius 3 is 2.49 bits per heavy atom. The van der Waals surface area contributed by atoms with E-state index in [0.717, 1.165) is 50.0 Å². The first-order valence-electron chi connectivity index (χ1n) is 14.0. The number of nitrogens with one attached hydrogen (secondary N) is 3. The van der Waals surface area contributed by atoms with Crippen LogP contribution in [0.15, 0.2) is 29.6 Å². The summed E-state index contributed by atoms with van der Waals surface area (Å²) in [7, 11) is -1.97. The molecule has 2 fully saturated rings. The third-order valence-electron chi connectivity index (χ3n) is 7.57. The van der Waals surface area contributed by atoms with Gasteiger partial charge in [0.25, 0.3) is 0 Å². The number of aryl methyl sites for hydroxylation is 2. The van der Waals surface area contributed by atoms with Crippen LogP contribution in [0.25, 0.3) is 0 Å². The standard InChI is InChI=1S/C28H38ClN7O3S2/c1-16(2)41(37,38)27-24(15-36(4)34-27)31-26-22(29)14-30-28(33-26)32-23-12-17(3)21(13-25(23)39-20-10-11-20)18-6-8-19(9-7-18)35-40-5/h12-16,18-20,35H,6-11H2,1-5H3,(H2,30,31,32,33). The molecular weight excluding hydrogens is 582 g/mol. The number of halogens is 1. The molecule has 2 aliphatic rings. The molecule has 10 nitrogen and oxygen atoms in total. The van der Waals surface area contributed by atoms with Gasteiger partial charge in [0.05, 0.1) is 28.9 Å². The third kappa shape index (κ3) is 6.93. The van der Waals surface area contributed by atoms with Gasteiger partial charge in [-0.05, 0) is 94.7 Å². The molecule has 2 heterocycles. The van der Waals surface area contributed by atoms with Gasteiger partial charge in [0.1, 0.15) is 10.8 Å². The normalized spacial score (nSPS) is 19.4. The van der Waals surface area contributed by atoms with Crippen LogP contribution in [0.2, 0.25) is 5.02 Å². The lowest BCUT2D eigenvalue weighted by Crippen LogP contribution is -2.28. The van der Waals surface area contributed by atoms with Crippen molar-refractivity contribution < 1.29 is 13.2 Å². The van der Waals surface area contributed by atoms with Crippen LogP contribution in [0.3, 0.4) is 0 Å². The minimum atomic E-state index is -3.63. The molecule has 222 valence electrons. The first-order chi connectivity index (χ1) is 19.5. The van der Waals surface area contributed by atoms with Gasteiger partial charge in [-0.3, -0.25) is 9.40 Å². The van der Waals surface area contributed by atoms with E-state index in [0.29, 0.717) is 23.6 Å². The molecule has 3 N–H and O–H groups in total. The van der Waals surface area contributed by atoms with Gasteiger partial charge in [-0.1, -0.05) is 23.5 Å². The number of hydrogen-bond acceptors (Lipinski definition) is 10. The lowest BCUT2D eigenvalue weighted by Gasteiger charge is -2.30. The average molecular weight is 620 g/mol. The molecule has 0 spiro atoms. The van der Waals surface area contributed by atoms with Crippen LogP contribution in [-0.4, -0.2) is 51.8 Å². The van der Waals surface area contributed by atoms with Gasteiger partial charge in [-0.25, -0.2) is 13.4 Å². The Hall–Kier alpha value is -2.54. The molecule has 0 saturated heterocycles. The van der Waals surface area contributed by atoms with E-state index in [2.05, 4.69) is 55.7 Å². The Kier molecular flexibility index (Phi) is 9.03. The molecule has 0 radical (unpaired) electrons. The largest absolute Gasteiger partial charge is 0.488 e. The Morgan fingerprint density at radius 2 is 1.83 bits per heavy atom. The smallest absolute Gasteiger partial charge is 0.229 e. The fourth-order valence-corrected chi connectivity index (χ4v) is 6.95. The van der Waals surface area contributed by atoms with Crippen molar-refractivity contribution in [3.63, 3.8) is 0 Å². The molecule has 0 atom stereocenters. The van der Waals surface area contributed by atoms with Crippen molar-refractivity contribution in [3.8, 4) is 5.75 Å². The van der Waals surface area contributed by atoms with Gasteiger partial charge in [0, 0.05) is 19.3 Å². The van der Waals surface area contributed by atoms with E-state index in [4.69, 9.17) is 16.3 Å². The summed E-state index contributed by atoms with van der Waals surface area (Å²) in [6.07, 6.45) is 12.1. The highest BCUT2D eigenvalue weighted by Gasteiger charge is 2.29. The fourth-order valence-electron chi connectivity index (χ4n) is 5.14. The van der Waals surface area contributed by atoms with Crippen LogP contribution in [0.4, 0.5) is 23.1 Å². The number of ether oxygens (including phenoxy) is 1. The molecule has 2 saturated carbocycles.